The average Bonchev–Trinajstić information content (AvgIpc) is 3.01. The number of rotatable bonds is 3. The molecule has 3 aliphatic rings. The molecule has 3 aliphatic heterocycles. The summed E-state index contributed by atoms with van der Waals surface area (Å²) in [6.07, 6.45) is 11.4. The molecule has 0 spiro atoms. The number of benzene rings is 3. The molecule has 3 fully saturated rings. The summed E-state index contributed by atoms with van der Waals surface area (Å²) in [4.78, 5) is 0. The van der Waals surface area contributed by atoms with E-state index in [1.165, 1.54) is 74.5 Å². The zero-order valence-electron chi connectivity index (χ0n) is 21.8. The second-order valence-electron chi connectivity index (χ2n) is 9.71. The molecular formula is C33H39IrN3-6. The summed E-state index contributed by atoms with van der Waals surface area (Å²) in [6, 6.07) is 35.5. The van der Waals surface area contributed by atoms with Crippen molar-refractivity contribution in [2.45, 2.75) is 75.9 Å². The van der Waals surface area contributed by atoms with Crippen molar-refractivity contribution in [3.63, 3.8) is 0 Å². The van der Waals surface area contributed by atoms with Crippen molar-refractivity contribution in [2.24, 2.45) is 0 Å². The van der Waals surface area contributed by atoms with Gasteiger partial charge in [-0.1, -0.05) is 57.8 Å². The predicted molar refractivity (Wildman–Crippen MR) is 150 cm³/mol. The molecule has 3 saturated heterocycles. The van der Waals surface area contributed by atoms with Gasteiger partial charge >= 0.3 is 0 Å². The second kappa shape index (κ2) is 17.7. The van der Waals surface area contributed by atoms with E-state index in [9.17, 15) is 0 Å². The standard InChI is InChI=1S/3C11H13N.Ir/c3*1-2-6-10(7-3-1)11-8-4-5-9-12-11;/h3*1-3,6,11H,4-5,8-9H2;/q3*-2;. The molecule has 4 heteroatoms. The third-order valence-electron chi connectivity index (χ3n) is 6.98. The zero-order chi connectivity index (χ0) is 24.7. The van der Waals surface area contributed by atoms with E-state index in [1.807, 2.05) is 36.4 Å². The Morgan fingerprint density at radius 2 is 0.784 bits per heavy atom. The van der Waals surface area contributed by atoms with E-state index in [4.69, 9.17) is 0 Å². The molecule has 0 amide bonds. The molecule has 0 aliphatic carbocycles. The van der Waals surface area contributed by atoms with Crippen molar-refractivity contribution in [3.8, 4) is 0 Å². The molecular weight excluding hydrogens is 631 g/mol. The van der Waals surface area contributed by atoms with Crippen molar-refractivity contribution in [1.29, 1.82) is 0 Å². The maximum atomic E-state index is 4.57. The Hall–Kier alpha value is -1.81. The van der Waals surface area contributed by atoms with E-state index in [0.717, 1.165) is 19.6 Å². The molecule has 3 unspecified atom stereocenters. The monoisotopic (exact) mass is 670 g/mol. The summed E-state index contributed by atoms with van der Waals surface area (Å²) in [5.74, 6) is 0. The Kier molecular flexibility index (Phi) is 14.2. The first-order chi connectivity index (χ1) is 17.9. The van der Waals surface area contributed by atoms with Gasteiger partial charge in [0.15, 0.2) is 0 Å². The van der Waals surface area contributed by atoms with Gasteiger partial charge in [-0.25, -0.2) is 0 Å². The van der Waals surface area contributed by atoms with Gasteiger partial charge in [-0.15, -0.1) is 37.8 Å². The van der Waals surface area contributed by atoms with Crippen molar-refractivity contribution in [2.75, 3.05) is 19.6 Å². The zero-order valence-corrected chi connectivity index (χ0v) is 24.2. The van der Waals surface area contributed by atoms with Gasteiger partial charge in [0.2, 0.25) is 0 Å². The van der Waals surface area contributed by atoms with Crippen LogP contribution in [0.3, 0.4) is 0 Å². The molecule has 0 aromatic heterocycles. The first-order valence-electron chi connectivity index (χ1n) is 13.8. The number of piperidine rings is 3. The molecule has 3 aromatic carbocycles. The Morgan fingerprint density at radius 3 is 1.00 bits per heavy atom. The molecule has 0 saturated carbocycles. The van der Waals surface area contributed by atoms with Crippen LogP contribution in [-0.4, -0.2) is 19.6 Å². The fourth-order valence-electron chi connectivity index (χ4n) is 4.97. The van der Waals surface area contributed by atoms with E-state index in [2.05, 4.69) is 70.5 Å². The quantitative estimate of drug-likeness (QED) is 0.250. The minimum Gasteiger partial charge on any atom is -0.657 e. The summed E-state index contributed by atoms with van der Waals surface area (Å²) in [5, 5.41) is 13.7. The molecule has 0 bridgehead atoms. The molecule has 201 valence electrons. The molecule has 0 N–H and O–H groups in total. The van der Waals surface area contributed by atoms with Crippen molar-refractivity contribution < 1.29 is 20.1 Å². The molecule has 3 aromatic rings. The van der Waals surface area contributed by atoms with Crippen LogP contribution < -0.4 is 0 Å². The summed E-state index contributed by atoms with van der Waals surface area (Å²) < 4.78 is 0. The van der Waals surface area contributed by atoms with Crippen LogP contribution >= 0.6 is 0 Å². The minimum absolute atomic E-state index is 0. The number of hydrogen-bond acceptors (Lipinski definition) is 0. The predicted octanol–water partition coefficient (Wildman–Crippen LogP) is 9.25. The summed E-state index contributed by atoms with van der Waals surface area (Å²) in [7, 11) is 0. The summed E-state index contributed by atoms with van der Waals surface area (Å²) in [6.45, 7) is 3.11. The van der Waals surface area contributed by atoms with E-state index in [-0.39, 0.29) is 20.1 Å². The topological polar surface area (TPSA) is 42.3 Å². The average molecular weight is 670 g/mol. The van der Waals surface area contributed by atoms with Crippen LogP contribution in [0, 0.1) is 18.2 Å². The molecule has 3 heterocycles. The van der Waals surface area contributed by atoms with Gasteiger partial charge < -0.3 is 16.0 Å². The summed E-state index contributed by atoms with van der Waals surface area (Å²) in [5.41, 5.74) is 3.78. The van der Waals surface area contributed by atoms with Gasteiger partial charge in [0, 0.05) is 20.1 Å². The molecule has 3 atom stereocenters. The smallest absolute Gasteiger partial charge is 0 e. The van der Waals surface area contributed by atoms with Crippen LogP contribution in [0.2, 0.25) is 0 Å². The Balaban J connectivity index is 0.000000152. The first kappa shape index (κ1) is 29.7. The Morgan fingerprint density at radius 1 is 0.459 bits per heavy atom. The maximum absolute atomic E-state index is 4.57. The number of nitrogens with zero attached hydrogens (tertiary/aromatic N) is 3. The van der Waals surface area contributed by atoms with Gasteiger partial charge in [0.05, 0.1) is 0 Å². The van der Waals surface area contributed by atoms with Crippen molar-refractivity contribution in [1.82, 2.24) is 0 Å². The molecule has 3 nitrogen and oxygen atoms in total. The first-order valence-corrected chi connectivity index (χ1v) is 13.8. The van der Waals surface area contributed by atoms with Crippen LogP contribution in [0.4, 0.5) is 0 Å². The SMILES string of the molecule is [Ir].[c-]1ccccc1C1CCCC[N-]1.[c-]1ccccc1C1CCCC[N-]1.[c-]1ccccc1C1CCCC[N-]1. The van der Waals surface area contributed by atoms with Crippen molar-refractivity contribution >= 4 is 0 Å². The minimum atomic E-state index is 0. The van der Waals surface area contributed by atoms with E-state index >= 15 is 0 Å². The van der Waals surface area contributed by atoms with E-state index in [1.54, 1.807) is 0 Å². The van der Waals surface area contributed by atoms with Gasteiger partial charge in [0.1, 0.15) is 0 Å². The fourth-order valence-corrected chi connectivity index (χ4v) is 4.97. The second-order valence-corrected chi connectivity index (χ2v) is 9.71. The normalized spacial score (nSPS) is 23.2. The van der Waals surface area contributed by atoms with Crippen LogP contribution in [0.5, 0.6) is 0 Å². The van der Waals surface area contributed by atoms with E-state index < -0.39 is 0 Å². The number of hydrogen-bond donors (Lipinski definition) is 0. The van der Waals surface area contributed by atoms with Crippen LogP contribution in [-0.2, 0) is 20.1 Å². The van der Waals surface area contributed by atoms with Gasteiger partial charge in [-0.3, -0.25) is 0 Å². The van der Waals surface area contributed by atoms with Gasteiger partial charge in [-0.2, -0.15) is 108 Å². The summed E-state index contributed by atoms with van der Waals surface area (Å²) >= 11 is 0. The van der Waals surface area contributed by atoms with Crippen LogP contribution in [0.15, 0.2) is 72.8 Å². The molecule has 1 radical (unpaired) electrons. The van der Waals surface area contributed by atoms with Gasteiger partial charge in [0.25, 0.3) is 0 Å². The van der Waals surface area contributed by atoms with Crippen LogP contribution in [0.25, 0.3) is 16.0 Å². The molecule has 6 rings (SSSR count). The fraction of sp³-hybridized carbons (Fsp3) is 0.455. The Labute approximate surface area is 238 Å². The van der Waals surface area contributed by atoms with Crippen LogP contribution in [0.1, 0.15) is 92.6 Å². The third-order valence-corrected chi connectivity index (χ3v) is 6.98. The maximum Gasteiger partial charge on any atom is 0 e. The Bertz CT molecular complexity index is 806. The largest absolute Gasteiger partial charge is 0.657 e. The van der Waals surface area contributed by atoms with E-state index in [0.29, 0.717) is 18.1 Å². The molecule has 37 heavy (non-hydrogen) atoms. The van der Waals surface area contributed by atoms with Gasteiger partial charge in [-0.05, 0) is 0 Å². The third kappa shape index (κ3) is 10.5. The van der Waals surface area contributed by atoms with Crippen molar-refractivity contribution in [3.05, 3.63) is 124 Å².